The first-order valence-electron chi connectivity index (χ1n) is 5.98. The first kappa shape index (κ1) is 15.2. The van der Waals surface area contributed by atoms with E-state index < -0.39 is 0 Å². The van der Waals surface area contributed by atoms with Gasteiger partial charge in [0.1, 0.15) is 5.60 Å². The lowest BCUT2D eigenvalue weighted by Crippen LogP contribution is -2.35. The highest BCUT2D eigenvalue weighted by atomic mass is 16.6. The standard InChI is InChI=1S/C10H19NO2.C2H7N/c1-8-5-6-11(7-8)9(12)13-10(2,3)4;1-2-3/h8H,5-7H2,1-4H3;2-3H2,1H3. The van der Waals surface area contributed by atoms with Crippen molar-refractivity contribution in [3.05, 3.63) is 0 Å². The summed E-state index contributed by atoms with van der Waals surface area (Å²) in [4.78, 5) is 13.3. The van der Waals surface area contributed by atoms with Gasteiger partial charge in [-0.3, -0.25) is 0 Å². The molecular weight excluding hydrogens is 204 g/mol. The summed E-state index contributed by atoms with van der Waals surface area (Å²) < 4.78 is 5.26. The van der Waals surface area contributed by atoms with Crippen molar-refractivity contribution in [1.82, 2.24) is 4.90 Å². The molecule has 16 heavy (non-hydrogen) atoms. The van der Waals surface area contributed by atoms with E-state index in [2.05, 4.69) is 6.92 Å². The largest absolute Gasteiger partial charge is 0.444 e. The van der Waals surface area contributed by atoms with Crippen LogP contribution in [0.15, 0.2) is 0 Å². The summed E-state index contributed by atoms with van der Waals surface area (Å²) in [6, 6.07) is 0. The van der Waals surface area contributed by atoms with Gasteiger partial charge in [0.25, 0.3) is 0 Å². The summed E-state index contributed by atoms with van der Waals surface area (Å²) in [5, 5.41) is 0. The van der Waals surface area contributed by atoms with E-state index in [1.807, 2.05) is 27.7 Å². The molecule has 1 saturated heterocycles. The molecule has 2 N–H and O–H groups in total. The molecule has 1 fully saturated rings. The van der Waals surface area contributed by atoms with E-state index in [-0.39, 0.29) is 11.7 Å². The number of hydrogen-bond donors (Lipinski definition) is 1. The summed E-state index contributed by atoms with van der Waals surface area (Å²) >= 11 is 0. The van der Waals surface area contributed by atoms with Crippen LogP contribution in [0, 0.1) is 5.92 Å². The first-order chi connectivity index (χ1) is 7.30. The van der Waals surface area contributed by atoms with Gasteiger partial charge in [-0.05, 0) is 39.7 Å². The Bertz CT molecular complexity index is 212. The Morgan fingerprint density at radius 1 is 1.50 bits per heavy atom. The van der Waals surface area contributed by atoms with Gasteiger partial charge in [-0.25, -0.2) is 4.79 Å². The van der Waals surface area contributed by atoms with Gasteiger partial charge in [0.05, 0.1) is 0 Å². The molecule has 1 aliphatic rings. The molecule has 0 radical (unpaired) electrons. The molecule has 1 unspecified atom stereocenters. The highest BCUT2D eigenvalue weighted by Crippen LogP contribution is 2.18. The summed E-state index contributed by atoms with van der Waals surface area (Å²) in [6.45, 7) is 12.2. The fourth-order valence-corrected chi connectivity index (χ4v) is 1.43. The molecule has 4 nitrogen and oxygen atoms in total. The van der Waals surface area contributed by atoms with E-state index in [0.29, 0.717) is 5.92 Å². The minimum absolute atomic E-state index is 0.170. The quantitative estimate of drug-likeness (QED) is 0.694. The molecule has 96 valence electrons. The number of carbonyl (C=O) groups is 1. The predicted octanol–water partition coefficient (Wildman–Crippen LogP) is 2.23. The zero-order valence-electron chi connectivity index (χ0n) is 11.2. The van der Waals surface area contributed by atoms with Crippen LogP contribution in [0.5, 0.6) is 0 Å². The number of ether oxygens (including phenoxy) is 1. The Morgan fingerprint density at radius 2 is 2.00 bits per heavy atom. The van der Waals surface area contributed by atoms with Crippen LogP contribution in [0.3, 0.4) is 0 Å². The second kappa shape index (κ2) is 6.74. The third-order valence-electron chi connectivity index (χ3n) is 2.08. The Labute approximate surface area is 99.1 Å². The van der Waals surface area contributed by atoms with Crippen LogP contribution in [0.4, 0.5) is 4.79 Å². The van der Waals surface area contributed by atoms with E-state index in [0.717, 1.165) is 26.1 Å². The van der Waals surface area contributed by atoms with Gasteiger partial charge in [0, 0.05) is 13.1 Å². The van der Waals surface area contributed by atoms with E-state index in [1.165, 1.54) is 0 Å². The summed E-state index contributed by atoms with van der Waals surface area (Å²) in [6.07, 6.45) is 0.927. The van der Waals surface area contributed by atoms with Gasteiger partial charge in [0.2, 0.25) is 0 Å². The Kier molecular flexibility index (Phi) is 6.41. The Hall–Kier alpha value is -0.770. The van der Waals surface area contributed by atoms with Gasteiger partial charge in [0.15, 0.2) is 0 Å². The molecule has 1 aliphatic heterocycles. The number of carbonyl (C=O) groups excluding carboxylic acids is 1. The van der Waals surface area contributed by atoms with Crippen LogP contribution < -0.4 is 5.73 Å². The van der Waals surface area contributed by atoms with Gasteiger partial charge in [-0.2, -0.15) is 0 Å². The van der Waals surface area contributed by atoms with Crippen molar-refractivity contribution in [3.63, 3.8) is 0 Å². The molecule has 4 heteroatoms. The lowest BCUT2D eigenvalue weighted by atomic mass is 10.2. The molecule has 1 rings (SSSR count). The molecule has 0 saturated carbocycles. The molecule has 1 heterocycles. The highest BCUT2D eigenvalue weighted by Gasteiger charge is 2.27. The molecule has 0 aromatic heterocycles. The second-order valence-electron chi connectivity index (χ2n) is 5.23. The topological polar surface area (TPSA) is 55.6 Å². The molecule has 0 aromatic carbocycles. The molecule has 0 aliphatic carbocycles. The van der Waals surface area contributed by atoms with Crippen LogP contribution in [-0.4, -0.2) is 36.2 Å². The SMILES string of the molecule is CC1CCN(C(=O)OC(C)(C)C)C1.CCN. The van der Waals surface area contributed by atoms with E-state index in [4.69, 9.17) is 10.5 Å². The lowest BCUT2D eigenvalue weighted by molar-refractivity contribution is 0.0289. The summed E-state index contributed by atoms with van der Waals surface area (Å²) in [5.74, 6) is 0.618. The van der Waals surface area contributed by atoms with E-state index >= 15 is 0 Å². The molecule has 1 amide bonds. The average molecular weight is 230 g/mol. The minimum Gasteiger partial charge on any atom is -0.444 e. The molecule has 0 spiro atoms. The maximum Gasteiger partial charge on any atom is 0.410 e. The highest BCUT2D eigenvalue weighted by molar-refractivity contribution is 5.68. The summed E-state index contributed by atoms with van der Waals surface area (Å²) in [5.41, 5.74) is 4.48. The van der Waals surface area contributed by atoms with Crippen LogP contribution in [-0.2, 0) is 4.74 Å². The number of rotatable bonds is 0. The zero-order chi connectivity index (χ0) is 12.8. The van der Waals surface area contributed by atoms with Crippen molar-refractivity contribution in [1.29, 1.82) is 0 Å². The number of amides is 1. The van der Waals surface area contributed by atoms with Gasteiger partial charge < -0.3 is 15.4 Å². The normalized spacial score (nSPS) is 20.1. The van der Waals surface area contributed by atoms with Crippen molar-refractivity contribution in [3.8, 4) is 0 Å². The zero-order valence-corrected chi connectivity index (χ0v) is 11.2. The third-order valence-corrected chi connectivity index (χ3v) is 2.08. The first-order valence-corrected chi connectivity index (χ1v) is 5.98. The molecular formula is C12H26N2O2. The van der Waals surface area contributed by atoms with Gasteiger partial charge in [-0.15, -0.1) is 0 Å². The fourth-order valence-electron chi connectivity index (χ4n) is 1.43. The minimum atomic E-state index is -0.372. The Balaban J connectivity index is 0.000000673. The number of hydrogen-bond acceptors (Lipinski definition) is 3. The van der Waals surface area contributed by atoms with Gasteiger partial charge >= 0.3 is 6.09 Å². The predicted molar refractivity (Wildman–Crippen MR) is 66.3 cm³/mol. The maximum atomic E-state index is 11.5. The average Bonchev–Trinajstić information content (AvgIpc) is 2.50. The number of nitrogens with zero attached hydrogens (tertiary/aromatic N) is 1. The maximum absolute atomic E-state index is 11.5. The van der Waals surface area contributed by atoms with Crippen LogP contribution >= 0.6 is 0 Å². The number of likely N-dealkylation sites (tertiary alicyclic amines) is 1. The van der Waals surface area contributed by atoms with E-state index in [1.54, 1.807) is 4.90 Å². The van der Waals surface area contributed by atoms with Crippen LogP contribution in [0.25, 0.3) is 0 Å². The third kappa shape index (κ3) is 6.67. The van der Waals surface area contributed by atoms with Crippen molar-refractivity contribution < 1.29 is 9.53 Å². The molecule has 0 aromatic rings. The molecule has 1 atom stereocenters. The van der Waals surface area contributed by atoms with Crippen molar-refractivity contribution in [2.45, 2.75) is 46.6 Å². The smallest absolute Gasteiger partial charge is 0.410 e. The second-order valence-corrected chi connectivity index (χ2v) is 5.23. The van der Waals surface area contributed by atoms with Crippen molar-refractivity contribution in [2.75, 3.05) is 19.6 Å². The van der Waals surface area contributed by atoms with Gasteiger partial charge in [-0.1, -0.05) is 13.8 Å². The van der Waals surface area contributed by atoms with Crippen molar-refractivity contribution >= 4 is 6.09 Å². The lowest BCUT2D eigenvalue weighted by Gasteiger charge is -2.24. The van der Waals surface area contributed by atoms with Crippen LogP contribution in [0.1, 0.15) is 41.0 Å². The Morgan fingerprint density at radius 3 is 2.31 bits per heavy atom. The fraction of sp³-hybridized carbons (Fsp3) is 0.917. The molecule has 0 bridgehead atoms. The van der Waals surface area contributed by atoms with E-state index in [9.17, 15) is 4.79 Å². The monoisotopic (exact) mass is 230 g/mol. The van der Waals surface area contributed by atoms with Crippen molar-refractivity contribution in [2.24, 2.45) is 11.7 Å². The van der Waals surface area contributed by atoms with Crippen LogP contribution in [0.2, 0.25) is 0 Å². The summed E-state index contributed by atoms with van der Waals surface area (Å²) in [7, 11) is 0. The number of nitrogens with two attached hydrogens (primary N) is 1.